The Kier molecular flexibility index (Phi) is 18.3. The zero-order valence-corrected chi connectivity index (χ0v) is 33.1. The van der Waals surface area contributed by atoms with Crippen LogP contribution in [0.2, 0.25) is 0 Å². The van der Waals surface area contributed by atoms with E-state index in [1.54, 1.807) is 48.5 Å². The van der Waals surface area contributed by atoms with Crippen molar-refractivity contribution in [2.45, 2.75) is 142 Å². The van der Waals surface area contributed by atoms with Gasteiger partial charge in [-0.15, -0.1) is 0 Å². The Morgan fingerprint density at radius 3 is 1.30 bits per heavy atom. The molecule has 3 aromatic carbocycles. The molecule has 1 aliphatic heterocycles. The number of unbranched alkanes of at least 4 members (excludes halogenated alkanes) is 15. The average Bonchev–Trinajstić information content (AvgIpc) is 3.17. The van der Waals surface area contributed by atoms with Crippen molar-refractivity contribution in [2.75, 3.05) is 19.8 Å². The molecule has 9 heteroatoms. The molecule has 0 amide bonds. The summed E-state index contributed by atoms with van der Waals surface area (Å²) in [5.74, 6) is 1.79. The van der Waals surface area contributed by atoms with E-state index in [0.717, 1.165) is 38.5 Å². The van der Waals surface area contributed by atoms with Crippen LogP contribution in [0, 0.1) is 0 Å². The number of hydrogen-bond donors (Lipinski definition) is 4. The second-order valence-electron chi connectivity index (χ2n) is 14.4. The zero-order valence-electron chi connectivity index (χ0n) is 33.1. The molecule has 4 rings (SSSR count). The van der Waals surface area contributed by atoms with Crippen LogP contribution in [0.3, 0.4) is 0 Å². The number of rotatable bonds is 27. The SMILES string of the molecule is CCCCCCCCOc1ccc(C2=NC(c3ccc(OCCCCCCCC)cc3O)(c3ccc(OCCCCCCCC)cc3O)N=CN2)c(O)c1. The second kappa shape index (κ2) is 23.4. The summed E-state index contributed by atoms with van der Waals surface area (Å²) in [7, 11) is 0. The van der Waals surface area contributed by atoms with Crippen molar-refractivity contribution in [1.29, 1.82) is 0 Å². The number of nitrogens with zero attached hydrogens (tertiary/aromatic N) is 2. The molecule has 0 saturated carbocycles. The lowest BCUT2D eigenvalue weighted by Gasteiger charge is -2.32. The van der Waals surface area contributed by atoms with Crippen molar-refractivity contribution < 1.29 is 29.5 Å². The third kappa shape index (κ3) is 12.9. The van der Waals surface area contributed by atoms with Crippen LogP contribution in [0.5, 0.6) is 34.5 Å². The van der Waals surface area contributed by atoms with Gasteiger partial charge in [-0.05, 0) is 55.7 Å². The molecular weight excluding hydrogens is 679 g/mol. The molecule has 296 valence electrons. The fourth-order valence-corrected chi connectivity index (χ4v) is 6.76. The molecule has 0 unspecified atom stereocenters. The van der Waals surface area contributed by atoms with E-state index >= 15 is 0 Å². The lowest BCUT2D eigenvalue weighted by atomic mass is 9.89. The first-order chi connectivity index (χ1) is 26.4. The molecule has 0 fully saturated rings. The maximum absolute atomic E-state index is 11.5. The summed E-state index contributed by atoms with van der Waals surface area (Å²) < 4.78 is 18.0. The van der Waals surface area contributed by atoms with Gasteiger partial charge < -0.3 is 34.8 Å². The molecule has 3 aromatic rings. The van der Waals surface area contributed by atoms with Crippen LogP contribution in [0.1, 0.15) is 153 Å². The van der Waals surface area contributed by atoms with Gasteiger partial charge in [0.15, 0.2) is 0 Å². The molecule has 0 aromatic heterocycles. The number of ether oxygens (including phenoxy) is 3. The van der Waals surface area contributed by atoms with Crippen LogP contribution in [-0.2, 0) is 5.66 Å². The van der Waals surface area contributed by atoms with Gasteiger partial charge in [0.25, 0.3) is 0 Å². The highest BCUT2D eigenvalue weighted by atomic mass is 16.5. The maximum Gasteiger partial charge on any atom is 0.212 e. The van der Waals surface area contributed by atoms with E-state index in [1.165, 1.54) is 83.4 Å². The van der Waals surface area contributed by atoms with Gasteiger partial charge in [-0.1, -0.05) is 117 Å². The van der Waals surface area contributed by atoms with E-state index in [2.05, 4.69) is 26.1 Å². The smallest absolute Gasteiger partial charge is 0.212 e. The number of nitrogens with one attached hydrogen (secondary N) is 1. The van der Waals surface area contributed by atoms with Gasteiger partial charge in [-0.3, -0.25) is 0 Å². The predicted octanol–water partition coefficient (Wildman–Crippen LogP) is 11.3. The Morgan fingerprint density at radius 2 is 0.889 bits per heavy atom. The van der Waals surface area contributed by atoms with E-state index in [0.29, 0.717) is 59.6 Å². The lowest BCUT2D eigenvalue weighted by Crippen LogP contribution is -2.36. The van der Waals surface area contributed by atoms with Crippen LogP contribution in [0.25, 0.3) is 0 Å². The monoisotopic (exact) mass is 743 g/mol. The van der Waals surface area contributed by atoms with E-state index in [4.69, 9.17) is 24.2 Å². The van der Waals surface area contributed by atoms with Gasteiger partial charge in [0.05, 0.1) is 31.7 Å². The minimum atomic E-state index is -1.59. The molecule has 0 spiro atoms. The van der Waals surface area contributed by atoms with E-state index in [-0.39, 0.29) is 17.2 Å². The van der Waals surface area contributed by atoms with Gasteiger partial charge in [0, 0.05) is 29.3 Å². The van der Waals surface area contributed by atoms with Gasteiger partial charge in [-0.2, -0.15) is 0 Å². The van der Waals surface area contributed by atoms with E-state index in [1.807, 2.05) is 6.07 Å². The number of aromatic hydroxyl groups is 3. The van der Waals surface area contributed by atoms with Crippen molar-refractivity contribution in [3.8, 4) is 34.5 Å². The second-order valence-corrected chi connectivity index (χ2v) is 14.4. The molecule has 0 bridgehead atoms. The molecule has 54 heavy (non-hydrogen) atoms. The number of aliphatic imine (C=N–C) groups is 2. The van der Waals surface area contributed by atoms with Gasteiger partial charge >= 0.3 is 0 Å². The topological polar surface area (TPSA) is 125 Å². The van der Waals surface area contributed by atoms with E-state index < -0.39 is 5.66 Å². The third-order valence-electron chi connectivity index (χ3n) is 9.94. The highest BCUT2D eigenvalue weighted by Crippen LogP contribution is 2.46. The summed E-state index contributed by atoms with van der Waals surface area (Å²) in [6.45, 7) is 8.32. The molecule has 4 N–H and O–H groups in total. The minimum absolute atomic E-state index is 0.0174. The lowest BCUT2D eigenvalue weighted by molar-refractivity contribution is 0.301. The molecular formula is C45H65N3O6. The van der Waals surface area contributed by atoms with Gasteiger partial charge in [-0.25, -0.2) is 9.98 Å². The Labute approximate surface area is 323 Å². The first kappa shape index (κ1) is 42.3. The third-order valence-corrected chi connectivity index (χ3v) is 9.94. The Morgan fingerprint density at radius 1 is 0.500 bits per heavy atom. The molecule has 0 radical (unpaired) electrons. The van der Waals surface area contributed by atoms with E-state index in [9.17, 15) is 15.3 Å². The molecule has 0 atom stereocenters. The molecule has 0 aliphatic carbocycles. The zero-order chi connectivity index (χ0) is 38.4. The first-order valence-corrected chi connectivity index (χ1v) is 20.7. The first-order valence-electron chi connectivity index (χ1n) is 20.7. The van der Waals surface area contributed by atoms with Crippen molar-refractivity contribution in [3.63, 3.8) is 0 Å². The summed E-state index contributed by atoms with van der Waals surface area (Å²) in [6.07, 6.45) is 22.3. The highest BCUT2D eigenvalue weighted by Gasteiger charge is 2.41. The number of amidine groups is 1. The van der Waals surface area contributed by atoms with Crippen molar-refractivity contribution in [1.82, 2.24) is 5.32 Å². The maximum atomic E-state index is 11.5. The summed E-state index contributed by atoms with van der Waals surface area (Å²) >= 11 is 0. The standard InChI is InChI=1S/C45H65N3O6/c1-4-7-10-13-16-19-28-52-35-22-25-38(41(49)31-35)44-46-34-47-45(48-44,39-26-23-36(32-42(39)50)53-29-20-17-14-11-8-5-2)40-27-24-37(33-43(40)51)54-30-21-18-15-12-9-6-3/h22-27,31-34,49-51H,4-21,28-30H2,1-3H3,(H,46,47,48). The minimum Gasteiger partial charge on any atom is -0.507 e. The summed E-state index contributed by atoms with van der Waals surface area (Å²) in [6, 6.07) is 15.3. The Balaban J connectivity index is 1.57. The molecule has 0 saturated heterocycles. The van der Waals surface area contributed by atoms with Crippen molar-refractivity contribution >= 4 is 12.2 Å². The predicted molar refractivity (Wildman–Crippen MR) is 220 cm³/mol. The quantitative estimate of drug-likeness (QED) is 0.0573. The number of phenols is 3. The van der Waals surface area contributed by atoms with Crippen LogP contribution in [-0.4, -0.2) is 47.3 Å². The molecule has 1 aliphatic rings. The van der Waals surface area contributed by atoms with Crippen LogP contribution in [0.15, 0.2) is 64.6 Å². The van der Waals surface area contributed by atoms with Crippen molar-refractivity contribution in [3.05, 3.63) is 71.3 Å². The Hall–Kier alpha value is -4.40. The van der Waals surface area contributed by atoms with Crippen LogP contribution in [0.4, 0.5) is 0 Å². The van der Waals surface area contributed by atoms with Gasteiger partial charge in [0.2, 0.25) is 5.66 Å². The number of hydrogen-bond acceptors (Lipinski definition) is 9. The number of benzene rings is 3. The number of phenolic OH excluding ortho intramolecular Hbond substituents is 3. The average molecular weight is 744 g/mol. The normalized spacial score (nSPS) is 13.4. The largest absolute Gasteiger partial charge is 0.507 e. The van der Waals surface area contributed by atoms with Crippen LogP contribution >= 0.6 is 0 Å². The fraction of sp³-hybridized carbons (Fsp3) is 0.556. The summed E-state index contributed by atoms with van der Waals surface area (Å²) in [5.41, 5.74) is -0.476. The molecule has 9 nitrogen and oxygen atoms in total. The van der Waals surface area contributed by atoms with Crippen molar-refractivity contribution in [2.24, 2.45) is 9.98 Å². The van der Waals surface area contributed by atoms with Gasteiger partial charge in [0.1, 0.15) is 40.3 Å². The fourth-order valence-electron chi connectivity index (χ4n) is 6.76. The Bertz CT molecular complexity index is 1540. The molecule has 1 heterocycles. The summed E-state index contributed by atoms with van der Waals surface area (Å²) in [4.78, 5) is 9.81. The highest BCUT2D eigenvalue weighted by molar-refractivity contribution is 6.07. The summed E-state index contributed by atoms with van der Waals surface area (Å²) in [5, 5.41) is 37.3. The van der Waals surface area contributed by atoms with Crippen LogP contribution < -0.4 is 19.5 Å².